The van der Waals surface area contributed by atoms with Crippen molar-refractivity contribution >= 4 is 0 Å². The Hall–Kier alpha value is -1.29. The second-order valence-electron chi connectivity index (χ2n) is 4.88. The molecule has 1 aliphatic carbocycles. The quantitative estimate of drug-likeness (QED) is 0.677. The van der Waals surface area contributed by atoms with Crippen LogP contribution >= 0.6 is 0 Å². The standard InChI is InChI=1S/C14H19N/c1-12(2)10-14(3)8-5-4-6-13(11-14)7-9-15/h4-6,8,11-12H,7,10H2,1-3H3. The van der Waals surface area contributed by atoms with Crippen molar-refractivity contribution in [2.45, 2.75) is 33.6 Å². The molecule has 0 bridgehead atoms. The van der Waals surface area contributed by atoms with Crippen LogP contribution in [0, 0.1) is 22.7 Å². The summed E-state index contributed by atoms with van der Waals surface area (Å²) in [5.41, 5.74) is 1.23. The first-order valence-electron chi connectivity index (χ1n) is 5.50. The Labute approximate surface area is 92.8 Å². The van der Waals surface area contributed by atoms with Crippen LogP contribution < -0.4 is 0 Å². The zero-order valence-electron chi connectivity index (χ0n) is 9.83. The van der Waals surface area contributed by atoms with Crippen molar-refractivity contribution in [1.29, 1.82) is 5.26 Å². The molecule has 0 saturated carbocycles. The molecule has 0 aromatic rings. The van der Waals surface area contributed by atoms with Crippen molar-refractivity contribution in [3.63, 3.8) is 0 Å². The summed E-state index contributed by atoms with van der Waals surface area (Å²) in [7, 11) is 0. The minimum Gasteiger partial charge on any atom is -0.198 e. The van der Waals surface area contributed by atoms with E-state index in [0.29, 0.717) is 12.3 Å². The summed E-state index contributed by atoms with van der Waals surface area (Å²) in [6, 6.07) is 2.21. The third-order valence-corrected chi connectivity index (χ3v) is 2.54. The summed E-state index contributed by atoms with van der Waals surface area (Å²) in [4.78, 5) is 0. The lowest BCUT2D eigenvalue weighted by Gasteiger charge is -2.24. The predicted octanol–water partition coefficient (Wildman–Crippen LogP) is 4.00. The van der Waals surface area contributed by atoms with E-state index in [1.807, 2.05) is 12.2 Å². The molecule has 80 valence electrons. The Morgan fingerprint density at radius 3 is 2.73 bits per heavy atom. The maximum Gasteiger partial charge on any atom is 0.0669 e. The van der Waals surface area contributed by atoms with Gasteiger partial charge in [0, 0.05) is 5.41 Å². The van der Waals surface area contributed by atoms with Gasteiger partial charge in [0.25, 0.3) is 0 Å². The summed E-state index contributed by atoms with van der Waals surface area (Å²) < 4.78 is 0. The molecule has 0 amide bonds. The summed E-state index contributed by atoms with van der Waals surface area (Å²) in [6.07, 6.45) is 12.2. The molecule has 0 heterocycles. The molecule has 0 N–H and O–H groups in total. The molecule has 0 aromatic heterocycles. The second kappa shape index (κ2) is 4.98. The van der Waals surface area contributed by atoms with E-state index < -0.39 is 0 Å². The van der Waals surface area contributed by atoms with Crippen molar-refractivity contribution < 1.29 is 0 Å². The summed E-state index contributed by atoms with van der Waals surface area (Å²) in [6.45, 7) is 6.69. The Bertz CT molecular complexity index is 339. The van der Waals surface area contributed by atoms with Gasteiger partial charge in [-0.3, -0.25) is 0 Å². The molecule has 0 spiro atoms. The zero-order chi connectivity index (χ0) is 11.3. The van der Waals surface area contributed by atoms with Crippen LogP contribution in [0.1, 0.15) is 33.6 Å². The molecule has 0 aromatic carbocycles. The van der Waals surface area contributed by atoms with Gasteiger partial charge < -0.3 is 0 Å². The number of nitriles is 1. The van der Waals surface area contributed by atoms with Crippen LogP contribution in [0.25, 0.3) is 0 Å². The SMILES string of the molecule is CC(C)CC1(C)C=CC=CC(CC#N)=C1. The Morgan fingerprint density at radius 1 is 1.40 bits per heavy atom. The molecular formula is C14H19N. The van der Waals surface area contributed by atoms with Crippen LogP contribution in [0.4, 0.5) is 0 Å². The average molecular weight is 201 g/mol. The molecule has 1 nitrogen and oxygen atoms in total. The number of allylic oxidation sites excluding steroid dienone is 6. The van der Waals surface area contributed by atoms with Gasteiger partial charge in [-0.15, -0.1) is 0 Å². The summed E-state index contributed by atoms with van der Waals surface area (Å²) in [5, 5.41) is 8.72. The average Bonchev–Trinajstić information content (AvgIpc) is 2.26. The van der Waals surface area contributed by atoms with Crippen molar-refractivity contribution in [2.24, 2.45) is 11.3 Å². The first-order chi connectivity index (χ1) is 7.06. The Morgan fingerprint density at radius 2 is 2.13 bits per heavy atom. The van der Waals surface area contributed by atoms with Crippen LogP contribution in [0.15, 0.2) is 36.0 Å². The largest absolute Gasteiger partial charge is 0.198 e. The van der Waals surface area contributed by atoms with E-state index in [-0.39, 0.29) is 5.41 Å². The van der Waals surface area contributed by atoms with Crippen LogP contribution in [0.2, 0.25) is 0 Å². The van der Waals surface area contributed by atoms with Crippen LogP contribution in [0.3, 0.4) is 0 Å². The smallest absolute Gasteiger partial charge is 0.0669 e. The molecule has 1 rings (SSSR count). The molecule has 1 unspecified atom stereocenters. The fourth-order valence-corrected chi connectivity index (χ4v) is 2.18. The molecular weight excluding hydrogens is 182 g/mol. The lowest BCUT2D eigenvalue weighted by molar-refractivity contribution is 0.409. The van der Waals surface area contributed by atoms with Crippen molar-refractivity contribution in [1.82, 2.24) is 0 Å². The third-order valence-electron chi connectivity index (χ3n) is 2.54. The molecule has 0 radical (unpaired) electrons. The fourth-order valence-electron chi connectivity index (χ4n) is 2.18. The maximum absolute atomic E-state index is 8.72. The predicted molar refractivity (Wildman–Crippen MR) is 64.2 cm³/mol. The Kier molecular flexibility index (Phi) is 3.91. The normalized spacial score (nSPS) is 24.9. The highest BCUT2D eigenvalue weighted by atomic mass is 14.3. The monoisotopic (exact) mass is 201 g/mol. The van der Waals surface area contributed by atoms with Gasteiger partial charge in [-0.25, -0.2) is 0 Å². The summed E-state index contributed by atoms with van der Waals surface area (Å²) >= 11 is 0. The van der Waals surface area contributed by atoms with E-state index in [2.05, 4.69) is 45.1 Å². The number of hydrogen-bond acceptors (Lipinski definition) is 1. The van der Waals surface area contributed by atoms with Gasteiger partial charge in [-0.2, -0.15) is 5.26 Å². The van der Waals surface area contributed by atoms with Crippen LogP contribution in [-0.2, 0) is 0 Å². The number of nitrogens with zero attached hydrogens (tertiary/aromatic N) is 1. The highest BCUT2D eigenvalue weighted by molar-refractivity contribution is 5.32. The van der Waals surface area contributed by atoms with Crippen molar-refractivity contribution in [3.05, 3.63) is 36.0 Å². The molecule has 1 atom stereocenters. The Balaban J connectivity index is 2.89. The molecule has 0 saturated heterocycles. The zero-order valence-corrected chi connectivity index (χ0v) is 9.83. The minimum absolute atomic E-state index is 0.101. The van der Waals surface area contributed by atoms with E-state index in [9.17, 15) is 0 Å². The van der Waals surface area contributed by atoms with Gasteiger partial charge in [-0.1, -0.05) is 51.2 Å². The van der Waals surface area contributed by atoms with Crippen LogP contribution in [-0.4, -0.2) is 0 Å². The van der Waals surface area contributed by atoms with E-state index in [1.165, 1.54) is 0 Å². The van der Waals surface area contributed by atoms with Crippen molar-refractivity contribution in [3.8, 4) is 6.07 Å². The highest BCUT2D eigenvalue weighted by Gasteiger charge is 2.20. The van der Waals surface area contributed by atoms with Crippen molar-refractivity contribution in [2.75, 3.05) is 0 Å². The second-order valence-corrected chi connectivity index (χ2v) is 4.88. The van der Waals surface area contributed by atoms with Crippen LogP contribution in [0.5, 0.6) is 0 Å². The number of rotatable bonds is 3. The lowest BCUT2D eigenvalue weighted by Crippen LogP contribution is -2.13. The topological polar surface area (TPSA) is 23.8 Å². The molecule has 15 heavy (non-hydrogen) atoms. The van der Waals surface area contributed by atoms with E-state index in [0.717, 1.165) is 12.0 Å². The van der Waals surface area contributed by atoms with Gasteiger partial charge in [0.15, 0.2) is 0 Å². The molecule has 0 fully saturated rings. The fraction of sp³-hybridized carbons (Fsp3) is 0.500. The van der Waals surface area contributed by atoms with E-state index >= 15 is 0 Å². The first-order valence-corrected chi connectivity index (χ1v) is 5.50. The maximum atomic E-state index is 8.72. The first kappa shape index (κ1) is 11.8. The van der Waals surface area contributed by atoms with Gasteiger partial charge >= 0.3 is 0 Å². The lowest BCUT2D eigenvalue weighted by atomic mass is 9.80. The minimum atomic E-state index is 0.101. The summed E-state index contributed by atoms with van der Waals surface area (Å²) in [5.74, 6) is 0.664. The van der Waals surface area contributed by atoms with Gasteiger partial charge in [-0.05, 0) is 17.9 Å². The van der Waals surface area contributed by atoms with Gasteiger partial charge in [0.2, 0.25) is 0 Å². The van der Waals surface area contributed by atoms with Gasteiger partial charge in [0.1, 0.15) is 0 Å². The molecule has 1 aliphatic rings. The molecule has 1 heteroatoms. The number of hydrogen-bond donors (Lipinski definition) is 0. The van der Waals surface area contributed by atoms with E-state index in [4.69, 9.17) is 5.26 Å². The highest BCUT2D eigenvalue weighted by Crippen LogP contribution is 2.32. The van der Waals surface area contributed by atoms with E-state index in [1.54, 1.807) is 0 Å². The molecule has 0 aliphatic heterocycles. The third kappa shape index (κ3) is 3.75. The van der Waals surface area contributed by atoms with Gasteiger partial charge in [0.05, 0.1) is 12.5 Å².